The lowest BCUT2D eigenvalue weighted by molar-refractivity contribution is -0.118. The molecule has 0 aromatic carbocycles. The molecule has 3 heterocycles. The Balaban J connectivity index is 0.000000314. The third-order valence-electron chi connectivity index (χ3n) is 3.40. The Bertz CT molecular complexity index is 292. The van der Waals surface area contributed by atoms with E-state index in [0.717, 1.165) is 13.1 Å². The predicted molar refractivity (Wildman–Crippen MR) is 91.2 cm³/mol. The zero-order valence-electron chi connectivity index (χ0n) is 14.0. The smallest absolute Gasteiger partial charge is 0.322 e. The van der Waals surface area contributed by atoms with Gasteiger partial charge in [-0.1, -0.05) is 13.8 Å². The molecule has 0 aromatic rings. The van der Waals surface area contributed by atoms with E-state index in [2.05, 4.69) is 19.5 Å². The molecule has 0 aromatic heterocycles. The molecule has 3 aliphatic heterocycles. The Morgan fingerprint density at radius 3 is 2.27 bits per heavy atom. The van der Waals surface area contributed by atoms with E-state index in [0.29, 0.717) is 12.5 Å². The number of hydrogen-bond donors (Lipinski definition) is 2. The van der Waals surface area contributed by atoms with Gasteiger partial charge in [0, 0.05) is 13.1 Å². The third kappa shape index (κ3) is 7.92. The van der Waals surface area contributed by atoms with Crippen molar-refractivity contribution in [1.82, 2.24) is 20.4 Å². The maximum absolute atomic E-state index is 11.2. The molecule has 0 spiro atoms. The molecule has 3 aliphatic rings. The minimum absolute atomic E-state index is 0.188. The number of carbonyl (C=O) groups excluding carboxylic acids is 2. The number of piperidine rings is 1. The van der Waals surface area contributed by atoms with Crippen LogP contribution in [-0.4, -0.2) is 61.3 Å². The quantitative estimate of drug-likeness (QED) is 0.454. The second kappa shape index (κ2) is 13.7. The molecular weight excluding hydrogens is 303 g/mol. The van der Waals surface area contributed by atoms with Crippen molar-refractivity contribution in [2.24, 2.45) is 0 Å². The Kier molecular flexibility index (Phi) is 13.2. The lowest BCUT2D eigenvalue weighted by Crippen LogP contribution is -2.30. The van der Waals surface area contributed by atoms with Gasteiger partial charge < -0.3 is 14.9 Å². The first-order valence-corrected chi connectivity index (χ1v) is 8.48. The summed E-state index contributed by atoms with van der Waals surface area (Å²) in [6.45, 7) is 8.41. The summed E-state index contributed by atoms with van der Waals surface area (Å²) in [6, 6.07) is 0.666. The second-order valence-corrected chi connectivity index (χ2v) is 5.39. The SMILES string of the molecule is C1CCNC1.CC.CONC=O.O=C1N2CCCC(C2)N1P. The summed E-state index contributed by atoms with van der Waals surface area (Å²) >= 11 is 0. The summed E-state index contributed by atoms with van der Waals surface area (Å²) in [5.41, 5.74) is 1.93. The summed E-state index contributed by atoms with van der Waals surface area (Å²) in [6.07, 6.45) is 5.58. The highest BCUT2D eigenvalue weighted by molar-refractivity contribution is 7.14. The average molecular weight is 334 g/mol. The van der Waals surface area contributed by atoms with Gasteiger partial charge in [0.2, 0.25) is 6.41 Å². The molecule has 3 fully saturated rings. The van der Waals surface area contributed by atoms with Crippen LogP contribution in [0.25, 0.3) is 0 Å². The fraction of sp³-hybridized carbons (Fsp3) is 0.857. The van der Waals surface area contributed by atoms with Crippen LogP contribution in [0.2, 0.25) is 0 Å². The zero-order valence-corrected chi connectivity index (χ0v) is 15.2. The molecule has 0 aliphatic carbocycles. The van der Waals surface area contributed by atoms with Crippen molar-refractivity contribution >= 4 is 21.8 Å². The zero-order chi connectivity index (χ0) is 16.8. The van der Waals surface area contributed by atoms with E-state index in [4.69, 9.17) is 4.79 Å². The minimum Gasteiger partial charge on any atom is -0.322 e. The van der Waals surface area contributed by atoms with Crippen LogP contribution in [0.4, 0.5) is 4.79 Å². The molecule has 2 atom stereocenters. The highest BCUT2D eigenvalue weighted by Crippen LogP contribution is 2.27. The first-order chi connectivity index (χ1) is 10.7. The topological polar surface area (TPSA) is 73.9 Å². The largest absolute Gasteiger partial charge is 0.323 e. The van der Waals surface area contributed by atoms with Gasteiger partial charge in [0.15, 0.2) is 0 Å². The summed E-state index contributed by atoms with van der Waals surface area (Å²) in [5, 5.41) is 3.22. The summed E-state index contributed by atoms with van der Waals surface area (Å²) < 4.78 is 1.78. The summed E-state index contributed by atoms with van der Waals surface area (Å²) in [4.78, 5) is 26.4. The lowest BCUT2D eigenvalue weighted by atomic mass is 10.1. The van der Waals surface area contributed by atoms with Crippen molar-refractivity contribution < 1.29 is 14.4 Å². The van der Waals surface area contributed by atoms with Gasteiger partial charge in [-0.25, -0.2) is 10.3 Å². The predicted octanol–water partition coefficient (Wildman–Crippen LogP) is 1.37. The van der Waals surface area contributed by atoms with E-state index < -0.39 is 0 Å². The van der Waals surface area contributed by atoms with Crippen molar-refractivity contribution in [3.8, 4) is 0 Å². The average Bonchev–Trinajstić information content (AvgIpc) is 3.21. The van der Waals surface area contributed by atoms with E-state index in [1.54, 1.807) is 4.67 Å². The molecule has 2 unspecified atom stereocenters. The first kappa shape index (κ1) is 21.1. The number of urea groups is 1. The summed E-state index contributed by atoms with van der Waals surface area (Å²) in [5.74, 6) is 0. The second-order valence-electron chi connectivity index (χ2n) is 4.83. The number of nitrogens with zero attached hydrogens (tertiary/aromatic N) is 2. The Labute approximate surface area is 136 Å². The van der Waals surface area contributed by atoms with Gasteiger partial charge in [-0.15, -0.1) is 0 Å². The monoisotopic (exact) mass is 334 g/mol. The van der Waals surface area contributed by atoms with Crippen LogP contribution >= 0.6 is 9.39 Å². The standard InChI is InChI=1S/C6H11N2OP.C4H9N.C2H5NO2.C2H6/c9-6-7-3-1-2-5(4-7)8(6)10;1-2-4-5-3-1;1-5-3-2-4;1-2/h5H,1-4,10H2;5H,1-4H2;2H,1H3,(H,3,4);1-2H3. The third-order valence-corrected chi connectivity index (χ3v) is 4.05. The van der Waals surface area contributed by atoms with Gasteiger partial charge in [0.1, 0.15) is 0 Å². The van der Waals surface area contributed by atoms with Gasteiger partial charge in [-0.3, -0.25) is 9.63 Å². The number of hydrogen-bond acceptors (Lipinski definition) is 4. The van der Waals surface area contributed by atoms with Crippen LogP contribution in [0, 0.1) is 0 Å². The highest BCUT2D eigenvalue weighted by atomic mass is 31.0. The van der Waals surface area contributed by atoms with Crippen LogP contribution < -0.4 is 10.8 Å². The van der Waals surface area contributed by atoms with E-state index in [1.807, 2.05) is 24.2 Å². The molecule has 2 N–H and O–H groups in total. The molecule has 0 saturated carbocycles. The van der Waals surface area contributed by atoms with Crippen LogP contribution in [0.5, 0.6) is 0 Å². The normalized spacial score (nSPS) is 21.6. The minimum atomic E-state index is 0.188. The van der Waals surface area contributed by atoms with Crippen molar-refractivity contribution in [2.45, 2.75) is 45.6 Å². The maximum atomic E-state index is 11.2. The van der Waals surface area contributed by atoms with E-state index in [1.165, 1.54) is 45.9 Å². The molecule has 3 saturated heterocycles. The Morgan fingerprint density at radius 1 is 1.32 bits per heavy atom. The number of hydroxylamine groups is 1. The molecule has 2 bridgehead atoms. The maximum Gasteiger partial charge on any atom is 0.323 e. The van der Waals surface area contributed by atoms with E-state index >= 15 is 0 Å². The van der Waals surface area contributed by atoms with Crippen LogP contribution in [0.15, 0.2) is 0 Å². The number of nitrogens with one attached hydrogen (secondary N) is 2. The molecule has 22 heavy (non-hydrogen) atoms. The van der Waals surface area contributed by atoms with Crippen LogP contribution in [-0.2, 0) is 9.63 Å². The van der Waals surface area contributed by atoms with Crippen LogP contribution in [0.3, 0.4) is 0 Å². The Morgan fingerprint density at radius 2 is 1.95 bits per heavy atom. The molecular formula is C14H31N4O3P. The number of amides is 3. The highest BCUT2D eigenvalue weighted by Gasteiger charge is 2.37. The molecule has 8 heteroatoms. The molecule has 7 nitrogen and oxygen atoms in total. The summed E-state index contributed by atoms with van der Waals surface area (Å²) in [7, 11) is 3.87. The number of carbonyl (C=O) groups is 2. The molecule has 0 radical (unpaired) electrons. The fourth-order valence-corrected chi connectivity index (χ4v) is 2.75. The van der Waals surface area contributed by atoms with Crippen molar-refractivity contribution in [3.63, 3.8) is 0 Å². The van der Waals surface area contributed by atoms with Gasteiger partial charge in [0.05, 0.1) is 13.2 Å². The number of rotatable bonds is 2. The fourth-order valence-electron chi connectivity index (χ4n) is 2.35. The van der Waals surface area contributed by atoms with Gasteiger partial charge in [-0.2, -0.15) is 0 Å². The van der Waals surface area contributed by atoms with Gasteiger partial charge >= 0.3 is 6.03 Å². The molecule has 3 amide bonds. The van der Waals surface area contributed by atoms with E-state index in [-0.39, 0.29) is 6.03 Å². The Hall–Kier alpha value is -0.910. The van der Waals surface area contributed by atoms with Gasteiger partial charge in [0.25, 0.3) is 0 Å². The first-order valence-electron chi connectivity index (χ1n) is 7.96. The van der Waals surface area contributed by atoms with Crippen molar-refractivity contribution in [3.05, 3.63) is 0 Å². The van der Waals surface area contributed by atoms with Crippen LogP contribution in [0.1, 0.15) is 39.5 Å². The van der Waals surface area contributed by atoms with Crippen molar-refractivity contribution in [2.75, 3.05) is 33.3 Å². The van der Waals surface area contributed by atoms with E-state index in [9.17, 15) is 4.79 Å². The number of fused-ring (bicyclic) bond motifs is 2. The molecule has 130 valence electrons. The van der Waals surface area contributed by atoms with Gasteiger partial charge in [-0.05, 0) is 48.2 Å². The van der Waals surface area contributed by atoms with Crippen molar-refractivity contribution in [1.29, 1.82) is 0 Å². The lowest BCUT2D eigenvalue weighted by Gasteiger charge is -2.19. The molecule has 3 rings (SSSR count).